The summed E-state index contributed by atoms with van der Waals surface area (Å²) >= 11 is 0. The van der Waals surface area contributed by atoms with E-state index in [1.54, 1.807) is 0 Å². The number of benzene rings is 1. The second-order valence-corrected chi connectivity index (χ2v) is 5.78. The van der Waals surface area contributed by atoms with E-state index >= 15 is 0 Å². The fraction of sp³-hybridized carbons (Fsp3) is 0.312. The highest BCUT2D eigenvalue weighted by Crippen LogP contribution is 2.26. The fourth-order valence-electron chi connectivity index (χ4n) is 2.43. The Morgan fingerprint density at radius 1 is 1.33 bits per heavy atom. The largest absolute Gasteiger partial charge is 0.480 e. The third-order valence-corrected chi connectivity index (χ3v) is 3.50. The first-order chi connectivity index (χ1) is 11.3. The third-order valence-electron chi connectivity index (χ3n) is 3.50. The van der Waals surface area contributed by atoms with Crippen molar-refractivity contribution in [2.24, 2.45) is 5.92 Å². The van der Waals surface area contributed by atoms with Crippen molar-refractivity contribution in [3.05, 3.63) is 46.1 Å². The van der Waals surface area contributed by atoms with Gasteiger partial charge in [0.05, 0.1) is 21.4 Å². The Morgan fingerprint density at radius 2 is 2.04 bits per heavy atom. The average Bonchev–Trinajstić information content (AvgIpc) is 2.52. The van der Waals surface area contributed by atoms with Gasteiger partial charge in [0, 0.05) is 12.3 Å². The number of nitrogens with zero attached hydrogens (tertiary/aromatic N) is 2. The van der Waals surface area contributed by atoms with Crippen LogP contribution < -0.4 is 5.32 Å². The molecular formula is C16H17N3O5. The Hall–Kier alpha value is -3.03. The Morgan fingerprint density at radius 3 is 2.62 bits per heavy atom. The number of carbonyl (C=O) groups excluding carboxylic acids is 1. The summed E-state index contributed by atoms with van der Waals surface area (Å²) in [5.41, 5.74) is 0.107. The van der Waals surface area contributed by atoms with Gasteiger partial charge in [-0.2, -0.15) is 0 Å². The zero-order chi connectivity index (χ0) is 17.9. The van der Waals surface area contributed by atoms with E-state index in [9.17, 15) is 24.8 Å². The predicted octanol–water partition coefficient (Wildman–Crippen LogP) is 2.37. The highest BCUT2D eigenvalue weighted by molar-refractivity contribution is 6.08. The van der Waals surface area contributed by atoms with E-state index in [0.29, 0.717) is 0 Å². The number of rotatable bonds is 6. The summed E-state index contributed by atoms with van der Waals surface area (Å²) in [5, 5.41) is 23.0. The molecule has 1 amide bonds. The van der Waals surface area contributed by atoms with Gasteiger partial charge in [-0.3, -0.25) is 19.9 Å². The van der Waals surface area contributed by atoms with Crippen LogP contribution >= 0.6 is 0 Å². The molecule has 0 unspecified atom stereocenters. The number of nitro groups is 1. The second-order valence-electron chi connectivity index (χ2n) is 5.78. The molecule has 0 radical (unpaired) electrons. The lowest BCUT2D eigenvalue weighted by molar-refractivity contribution is -0.383. The van der Waals surface area contributed by atoms with Gasteiger partial charge in [0.1, 0.15) is 6.04 Å². The number of carboxylic acid groups (broad SMARTS) is 1. The molecule has 0 bridgehead atoms. The van der Waals surface area contributed by atoms with Crippen molar-refractivity contribution in [2.75, 3.05) is 0 Å². The van der Waals surface area contributed by atoms with E-state index in [4.69, 9.17) is 0 Å². The van der Waals surface area contributed by atoms with Crippen LogP contribution in [-0.4, -0.2) is 32.9 Å². The van der Waals surface area contributed by atoms with Crippen molar-refractivity contribution < 1.29 is 19.6 Å². The Balaban J connectivity index is 2.41. The normalized spacial score (nSPS) is 12.1. The molecule has 24 heavy (non-hydrogen) atoms. The number of aromatic nitrogens is 1. The maximum absolute atomic E-state index is 12.5. The molecule has 8 heteroatoms. The smallest absolute Gasteiger partial charge is 0.326 e. The number of fused-ring (bicyclic) bond motifs is 1. The molecule has 2 aromatic rings. The van der Waals surface area contributed by atoms with Crippen LogP contribution in [-0.2, 0) is 4.79 Å². The topological polar surface area (TPSA) is 122 Å². The van der Waals surface area contributed by atoms with Crippen molar-refractivity contribution in [1.29, 1.82) is 0 Å². The Bertz CT molecular complexity index is 803. The number of hydrogen-bond donors (Lipinski definition) is 2. The summed E-state index contributed by atoms with van der Waals surface area (Å²) < 4.78 is 0. The summed E-state index contributed by atoms with van der Waals surface area (Å²) in [5.74, 6) is -1.67. The standard InChI is InChI=1S/C16H17N3O5/c1-9(2)8-12(16(21)22)18-15(20)11-5-6-13(19(23)24)10-4-3-7-17-14(10)11/h3-7,9,12H,8H2,1-2H3,(H,18,20)(H,21,22)/t12-/m1/s1. The molecule has 0 aliphatic heterocycles. The van der Waals surface area contributed by atoms with E-state index in [1.165, 1.54) is 30.5 Å². The number of non-ortho nitro benzene ring substituents is 1. The highest BCUT2D eigenvalue weighted by atomic mass is 16.6. The van der Waals surface area contributed by atoms with Crippen LogP contribution in [0.1, 0.15) is 30.6 Å². The van der Waals surface area contributed by atoms with E-state index < -0.39 is 22.8 Å². The SMILES string of the molecule is CC(C)C[C@@H](NC(=O)c1ccc([N+](=O)[O-])c2cccnc12)C(=O)O. The molecule has 2 N–H and O–H groups in total. The minimum Gasteiger partial charge on any atom is -0.480 e. The predicted molar refractivity (Wildman–Crippen MR) is 86.7 cm³/mol. The summed E-state index contributed by atoms with van der Waals surface area (Å²) in [4.78, 5) is 38.3. The van der Waals surface area contributed by atoms with Gasteiger partial charge < -0.3 is 10.4 Å². The van der Waals surface area contributed by atoms with Gasteiger partial charge in [-0.05, 0) is 30.5 Å². The molecule has 0 aliphatic rings. The number of nitrogens with one attached hydrogen (secondary N) is 1. The van der Waals surface area contributed by atoms with Gasteiger partial charge in [0.25, 0.3) is 11.6 Å². The number of hydrogen-bond acceptors (Lipinski definition) is 5. The molecule has 0 spiro atoms. The van der Waals surface area contributed by atoms with Crippen molar-refractivity contribution in [3.63, 3.8) is 0 Å². The number of pyridine rings is 1. The van der Waals surface area contributed by atoms with Gasteiger partial charge in [0.2, 0.25) is 0 Å². The van der Waals surface area contributed by atoms with Crippen molar-refractivity contribution in [1.82, 2.24) is 10.3 Å². The van der Waals surface area contributed by atoms with Crippen molar-refractivity contribution in [3.8, 4) is 0 Å². The van der Waals surface area contributed by atoms with Gasteiger partial charge in [-0.15, -0.1) is 0 Å². The molecule has 0 fully saturated rings. The average molecular weight is 331 g/mol. The monoisotopic (exact) mass is 331 g/mol. The zero-order valence-electron chi connectivity index (χ0n) is 13.2. The molecule has 1 heterocycles. The van der Waals surface area contributed by atoms with E-state index in [2.05, 4.69) is 10.3 Å². The second kappa shape index (κ2) is 7.03. The Labute approximate surface area is 137 Å². The number of carboxylic acids is 1. The molecule has 1 aromatic carbocycles. The zero-order valence-corrected chi connectivity index (χ0v) is 13.2. The first-order valence-electron chi connectivity index (χ1n) is 7.37. The first kappa shape index (κ1) is 17.3. The first-order valence-corrected chi connectivity index (χ1v) is 7.37. The van der Waals surface area contributed by atoms with Gasteiger partial charge in [0.15, 0.2) is 0 Å². The van der Waals surface area contributed by atoms with Crippen LogP contribution in [0.4, 0.5) is 5.69 Å². The van der Waals surface area contributed by atoms with Crippen molar-refractivity contribution >= 4 is 28.5 Å². The lowest BCUT2D eigenvalue weighted by Crippen LogP contribution is -2.41. The lowest BCUT2D eigenvalue weighted by Gasteiger charge is -2.17. The van der Waals surface area contributed by atoms with Crippen LogP contribution in [0, 0.1) is 16.0 Å². The Kier molecular flexibility index (Phi) is 5.08. The van der Waals surface area contributed by atoms with Crippen LogP contribution in [0.15, 0.2) is 30.5 Å². The van der Waals surface area contributed by atoms with Crippen LogP contribution in [0.25, 0.3) is 10.9 Å². The molecular weight excluding hydrogens is 314 g/mol. The summed E-state index contributed by atoms with van der Waals surface area (Å²) in [6, 6.07) is 4.51. The third kappa shape index (κ3) is 3.65. The van der Waals surface area contributed by atoms with E-state index in [1.807, 2.05) is 13.8 Å². The maximum atomic E-state index is 12.5. The molecule has 1 atom stereocenters. The minimum atomic E-state index is -1.13. The number of nitro benzene ring substituents is 1. The molecule has 126 valence electrons. The van der Waals surface area contributed by atoms with Gasteiger partial charge >= 0.3 is 5.97 Å². The maximum Gasteiger partial charge on any atom is 0.326 e. The molecule has 8 nitrogen and oxygen atoms in total. The van der Waals surface area contributed by atoms with E-state index in [0.717, 1.165) is 0 Å². The molecule has 0 saturated heterocycles. The molecule has 2 rings (SSSR count). The fourth-order valence-corrected chi connectivity index (χ4v) is 2.43. The molecule has 0 saturated carbocycles. The molecule has 1 aromatic heterocycles. The highest BCUT2D eigenvalue weighted by Gasteiger charge is 2.24. The van der Waals surface area contributed by atoms with Crippen LogP contribution in [0.2, 0.25) is 0 Å². The van der Waals surface area contributed by atoms with Gasteiger partial charge in [-0.25, -0.2) is 4.79 Å². The van der Waals surface area contributed by atoms with Gasteiger partial charge in [-0.1, -0.05) is 13.8 Å². The quantitative estimate of drug-likeness (QED) is 0.619. The van der Waals surface area contributed by atoms with Crippen molar-refractivity contribution in [2.45, 2.75) is 26.3 Å². The minimum absolute atomic E-state index is 0.0816. The number of amides is 1. The van der Waals surface area contributed by atoms with Crippen LogP contribution in [0.5, 0.6) is 0 Å². The molecule has 0 aliphatic carbocycles. The number of aliphatic carboxylic acids is 1. The van der Waals surface area contributed by atoms with E-state index in [-0.39, 0.29) is 34.5 Å². The number of carbonyl (C=O) groups is 2. The summed E-state index contributed by atoms with van der Waals surface area (Å²) in [7, 11) is 0. The van der Waals surface area contributed by atoms with Crippen LogP contribution in [0.3, 0.4) is 0 Å². The summed E-state index contributed by atoms with van der Waals surface area (Å²) in [6.07, 6.45) is 1.70. The lowest BCUT2D eigenvalue weighted by atomic mass is 10.0. The summed E-state index contributed by atoms with van der Waals surface area (Å²) in [6.45, 7) is 3.70.